The molecule has 0 aromatic heterocycles. The quantitative estimate of drug-likeness (QED) is 0.671. The average molecular weight is 437 g/mol. The van der Waals surface area contributed by atoms with Crippen LogP contribution in [0.25, 0.3) is 0 Å². The summed E-state index contributed by atoms with van der Waals surface area (Å²) in [5, 5.41) is 11.4. The normalized spacial score (nSPS) is 51.5. The van der Waals surface area contributed by atoms with Crippen molar-refractivity contribution >= 4 is 17.5 Å². The zero-order valence-corrected chi connectivity index (χ0v) is 19.5. The lowest BCUT2D eigenvalue weighted by atomic mass is 9.42. The van der Waals surface area contributed by atoms with E-state index in [1.807, 2.05) is 20.8 Å². The van der Waals surface area contributed by atoms with Gasteiger partial charge in [0.05, 0.1) is 6.10 Å². The second-order valence-corrected chi connectivity index (χ2v) is 11.3. The minimum absolute atomic E-state index is 0.0525. The third kappa shape index (κ3) is 2.66. The first-order valence-corrected chi connectivity index (χ1v) is 12.0. The fourth-order valence-corrected chi connectivity index (χ4v) is 8.66. The van der Waals surface area contributed by atoms with Crippen molar-refractivity contribution in [1.82, 2.24) is 0 Å². The van der Waals surface area contributed by atoms with Crippen molar-refractivity contribution in [1.29, 1.82) is 0 Å². The summed E-state index contributed by atoms with van der Waals surface area (Å²) in [5.41, 5.74) is -4.72. The number of ketones is 2. The third-order valence-corrected chi connectivity index (χ3v) is 10.2. The molecular formula is C25H37FO5. The first kappa shape index (κ1) is 22.9. The summed E-state index contributed by atoms with van der Waals surface area (Å²) in [7, 11) is 0. The van der Waals surface area contributed by atoms with Gasteiger partial charge in [-0.2, -0.15) is 0 Å². The number of hydrogen-bond donors (Lipinski definition) is 1. The molecule has 4 aliphatic carbocycles. The minimum atomic E-state index is -1.80. The van der Waals surface area contributed by atoms with Crippen LogP contribution in [0.4, 0.5) is 4.39 Å². The fourth-order valence-electron chi connectivity index (χ4n) is 8.66. The molecular weight excluding hydrogens is 399 g/mol. The number of fused-ring (bicyclic) bond motifs is 5. The molecule has 0 unspecified atom stereocenters. The van der Waals surface area contributed by atoms with Crippen LogP contribution in [0.2, 0.25) is 0 Å². The van der Waals surface area contributed by atoms with Crippen LogP contribution < -0.4 is 0 Å². The Labute approximate surface area is 184 Å². The van der Waals surface area contributed by atoms with Gasteiger partial charge in [-0.1, -0.05) is 27.7 Å². The van der Waals surface area contributed by atoms with E-state index >= 15 is 4.39 Å². The van der Waals surface area contributed by atoms with Crippen molar-refractivity contribution in [3.8, 4) is 0 Å². The fraction of sp³-hybridized carbons (Fsp3) is 0.880. The van der Waals surface area contributed by atoms with Crippen molar-refractivity contribution < 1.29 is 28.6 Å². The highest BCUT2D eigenvalue weighted by Crippen LogP contribution is 2.72. The van der Waals surface area contributed by atoms with Crippen molar-refractivity contribution in [3.63, 3.8) is 0 Å². The number of aliphatic hydroxyl groups is 1. The molecule has 1 N–H and O–H groups in total. The van der Waals surface area contributed by atoms with E-state index in [1.54, 1.807) is 6.92 Å². The van der Waals surface area contributed by atoms with Crippen molar-refractivity contribution in [2.45, 2.75) is 103 Å². The maximum absolute atomic E-state index is 17.2. The molecule has 5 nitrogen and oxygen atoms in total. The maximum Gasteiger partial charge on any atom is 0.306 e. The number of carbonyl (C=O) groups excluding carboxylic acids is 3. The molecule has 0 heterocycles. The van der Waals surface area contributed by atoms with E-state index in [0.717, 1.165) is 6.42 Å². The molecule has 0 amide bonds. The Morgan fingerprint density at radius 3 is 2.48 bits per heavy atom. The van der Waals surface area contributed by atoms with E-state index in [-0.39, 0.29) is 42.2 Å². The molecule has 0 aromatic carbocycles. The predicted octanol–water partition coefficient (Wildman–Crippen LogP) is 4.19. The number of carbonyl (C=O) groups is 3. The van der Waals surface area contributed by atoms with Gasteiger partial charge in [-0.25, -0.2) is 4.39 Å². The van der Waals surface area contributed by atoms with Gasteiger partial charge in [0, 0.05) is 36.0 Å². The first-order chi connectivity index (χ1) is 14.4. The maximum atomic E-state index is 17.2. The van der Waals surface area contributed by atoms with Crippen molar-refractivity contribution in [3.05, 3.63) is 0 Å². The Bertz CT molecular complexity index is 812. The van der Waals surface area contributed by atoms with Crippen LogP contribution in [-0.2, 0) is 19.1 Å². The lowest BCUT2D eigenvalue weighted by Gasteiger charge is -2.65. The molecule has 0 saturated heterocycles. The van der Waals surface area contributed by atoms with Crippen LogP contribution in [0.1, 0.15) is 86.0 Å². The second-order valence-electron chi connectivity index (χ2n) is 11.3. The smallest absolute Gasteiger partial charge is 0.306 e. The topological polar surface area (TPSA) is 80.7 Å². The zero-order chi connectivity index (χ0) is 23.0. The van der Waals surface area contributed by atoms with E-state index in [9.17, 15) is 19.5 Å². The Morgan fingerprint density at radius 2 is 1.87 bits per heavy atom. The lowest BCUT2D eigenvalue weighted by molar-refractivity contribution is -0.257. The van der Waals surface area contributed by atoms with Crippen LogP contribution in [0.15, 0.2) is 0 Å². The number of halogens is 1. The van der Waals surface area contributed by atoms with Crippen LogP contribution in [-0.4, -0.2) is 40.0 Å². The summed E-state index contributed by atoms with van der Waals surface area (Å²) in [5.74, 6) is -1.34. The van der Waals surface area contributed by atoms with Crippen LogP contribution >= 0.6 is 0 Å². The Morgan fingerprint density at radius 1 is 1.19 bits per heavy atom. The molecule has 9 atom stereocenters. The van der Waals surface area contributed by atoms with Gasteiger partial charge in [-0.05, 0) is 56.8 Å². The predicted molar refractivity (Wildman–Crippen MR) is 113 cm³/mol. The number of ether oxygens (including phenoxy) is 1. The SMILES string of the molecule is CCC(=O)O[C@]1(C(C)=O)[C@H](C)C[C@H]2[C@@H]3CC[C@H]4CC(=O)CC[C@]4(C)[C@@]3(F)[C@@H](O)C[C@@]21C. The van der Waals surface area contributed by atoms with Gasteiger partial charge in [0.2, 0.25) is 0 Å². The minimum Gasteiger partial charge on any atom is -0.450 e. The van der Waals surface area contributed by atoms with E-state index in [0.29, 0.717) is 32.1 Å². The number of alkyl halides is 1. The monoisotopic (exact) mass is 436 g/mol. The Balaban J connectivity index is 1.80. The highest BCUT2D eigenvalue weighted by molar-refractivity contribution is 5.89. The summed E-state index contributed by atoms with van der Waals surface area (Å²) in [6.07, 6.45) is 2.14. The lowest BCUT2D eigenvalue weighted by Crippen LogP contribution is -2.71. The molecule has 4 aliphatic rings. The molecule has 0 aromatic rings. The van der Waals surface area contributed by atoms with Gasteiger partial charge in [-0.15, -0.1) is 0 Å². The molecule has 4 rings (SSSR count). The van der Waals surface area contributed by atoms with Gasteiger partial charge in [0.25, 0.3) is 0 Å². The Hall–Kier alpha value is -1.30. The molecule has 0 radical (unpaired) electrons. The zero-order valence-electron chi connectivity index (χ0n) is 19.5. The summed E-state index contributed by atoms with van der Waals surface area (Å²) in [6.45, 7) is 8.93. The molecule has 31 heavy (non-hydrogen) atoms. The van der Waals surface area contributed by atoms with Crippen LogP contribution in [0, 0.1) is 34.5 Å². The molecule has 0 bridgehead atoms. The molecule has 0 aliphatic heterocycles. The number of aliphatic hydroxyl groups excluding tert-OH is 1. The summed E-state index contributed by atoms with van der Waals surface area (Å²) in [4.78, 5) is 37.6. The van der Waals surface area contributed by atoms with Gasteiger partial charge in [-0.3, -0.25) is 14.4 Å². The van der Waals surface area contributed by atoms with Crippen molar-refractivity contribution in [2.24, 2.45) is 34.5 Å². The molecule has 4 saturated carbocycles. The summed E-state index contributed by atoms with van der Waals surface area (Å²) < 4.78 is 23.2. The van der Waals surface area contributed by atoms with Crippen LogP contribution in [0.3, 0.4) is 0 Å². The molecule has 174 valence electrons. The highest BCUT2D eigenvalue weighted by Gasteiger charge is 2.77. The molecule has 4 fully saturated rings. The largest absolute Gasteiger partial charge is 0.450 e. The number of esters is 1. The van der Waals surface area contributed by atoms with E-state index in [4.69, 9.17) is 4.74 Å². The van der Waals surface area contributed by atoms with Gasteiger partial charge in [0.1, 0.15) is 11.5 Å². The standard InChI is InChI=1S/C25H37FO5/c1-6-21(30)31-25(15(3)27)14(2)11-19-18-8-7-16-12-17(28)9-10-22(16,4)24(18,26)20(29)13-23(19,25)5/h14,16,18-20,29H,6-13H2,1-5H3/t14-,16+,18+,19+,20+,22+,23+,24+,25+/m1/s1. The van der Waals surface area contributed by atoms with E-state index in [1.165, 1.54) is 6.92 Å². The number of rotatable bonds is 3. The third-order valence-electron chi connectivity index (χ3n) is 10.2. The van der Waals surface area contributed by atoms with Gasteiger partial charge >= 0.3 is 5.97 Å². The van der Waals surface area contributed by atoms with Crippen molar-refractivity contribution in [2.75, 3.05) is 0 Å². The summed E-state index contributed by atoms with van der Waals surface area (Å²) >= 11 is 0. The highest BCUT2D eigenvalue weighted by atomic mass is 19.1. The first-order valence-electron chi connectivity index (χ1n) is 12.0. The molecule has 0 spiro atoms. The summed E-state index contributed by atoms with van der Waals surface area (Å²) in [6, 6.07) is 0. The molecule has 6 heteroatoms. The number of hydrogen-bond acceptors (Lipinski definition) is 5. The van der Waals surface area contributed by atoms with E-state index in [2.05, 4.69) is 0 Å². The van der Waals surface area contributed by atoms with E-state index < -0.39 is 40.1 Å². The van der Waals surface area contributed by atoms with Gasteiger partial charge in [0.15, 0.2) is 11.4 Å². The second kappa shape index (κ2) is 7.10. The van der Waals surface area contributed by atoms with Crippen LogP contribution in [0.5, 0.6) is 0 Å². The number of Topliss-reactive ketones (excluding diaryl/α,β-unsaturated/α-hetero) is 2. The Kier molecular flexibility index (Phi) is 5.24. The average Bonchev–Trinajstić information content (AvgIpc) is 2.91. The van der Waals surface area contributed by atoms with Gasteiger partial charge < -0.3 is 9.84 Å².